The van der Waals surface area contributed by atoms with Gasteiger partial charge in [0, 0.05) is 32.7 Å². The molecular formula is C17H32N2O2. The zero-order chi connectivity index (χ0) is 16.0. The predicted molar refractivity (Wildman–Crippen MR) is 87.3 cm³/mol. The SMILES string of the molecule is C=CC(=O)N(C)CC(C)(C)CN1CCOCC1CC(C)C. The molecular weight excluding hydrogens is 264 g/mol. The average molecular weight is 296 g/mol. The van der Waals surface area contributed by atoms with E-state index in [0.29, 0.717) is 12.0 Å². The third-order valence-corrected chi connectivity index (χ3v) is 3.94. The van der Waals surface area contributed by atoms with Crippen molar-refractivity contribution < 1.29 is 9.53 Å². The molecule has 1 aliphatic heterocycles. The lowest BCUT2D eigenvalue weighted by molar-refractivity contribution is -0.126. The number of nitrogens with zero attached hydrogens (tertiary/aromatic N) is 2. The Kier molecular flexibility index (Phi) is 6.88. The van der Waals surface area contributed by atoms with E-state index in [0.717, 1.165) is 39.3 Å². The summed E-state index contributed by atoms with van der Waals surface area (Å²) in [6.45, 7) is 16.9. The molecule has 0 radical (unpaired) electrons. The molecule has 1 rings (SSSR count). The molecule has 0 N–H and O–H groups in total. The first-order valence-electron chi connectivity index (χ1n) is 7.94. The molecule has 0 aromatic carbocycles. The minimum Gasteiger partial charge on any atom is -0.378 e. The van der Waals surface area contributed by atoms with Gasteiger partial charge >= 0.3 is 0 Å². The number of ether oxygens (including phenoxy) is 1. The average Bonchev–Trinajstić information content (AvgIpc) is 2.38. The van der Waals surface area contributed by atoms with Crippen molar-refractivity contribution in [3.63, 3.8) is 0 Å². The van der Waals surface area contributed by atoms with Crippen LogP contribution in [-0.2, 0) is 9.53 Å². The highest BCUT2D eigenvalue weighted by atomic mass is 16.5. The number of hydrogen-bond acceptors (Lipinski definition) is 3. The van der Waals surface area contributed by atoms with Crippen LogP contribution in [0.2, 0.25) is 0 Å². The van der Waals surface area contributed by atoms with Crippen LogP contribution in [0.5, 0.6) is 0 Å². The largest absolute Gasteiger partial charge is 0.378 e. The summed E-state index contributed by atoms with van der Waals surface area (Å²) in [5.74, 6) is 0.663. The van der Waals surface area contributed by atoms with Crippen molar-refractivity contribution in [3.8, 4) is 0 Å². The van der Waals surface area contributed by atoms with Crippen molar-refractivity contribution in [3.05, 3.63) is 12.7 Å². The van der Waals surface area contributed by atoms with Crippen LogP contribution in [0.25, 0.3) is 0 Å². The summed E-state index contributed by atoms with van der Waals surface area (Å²) in [7, 11) is 1.84. The van der Waals surface area contributed by atoms with E-state index >= 15 is 0 Å². The topological polar surface area (TPSA) is 32.8 Å². The molecule has 0 aromatic rings. The number of carbonyl (C=O) groups is 1. The molecule has 1 atom stereocenters. The zero-order valence-electron chi connectivity index (χ0n) is 14.4. The van der Waals surface area contributed by atoms with Crippen LogP contribution in [0.4, 0.5) is 0 Å². The molecule has 1 heterocycles. The minimum atomic E-state index is -0.0104. The van der Waals surface area contributed by atoms with Crippen LogP contribution < -0.4 is 0 Å². The molecule has 1 amide bonds. The van der Waals surface area contributed by atoms with Crippen molar-refractivity contribution >= 4 is 5.91 Å². The fraction of sp³-hybridized carbons (Fsp3) is 0.824. The van der Waals surface area contributed by atoms with Gasteiger partial charge in [-0.15, -0.1) is 0 Å². The predicted octanol–water partition coefficient (Wildman–Crippen LogP) is 2.40. The number of morpholine rings is 1. The van der Waals surface area contributed by atoms with Crippen LogP contribution in [0.3, 0.4) is 0 Å². The second-order valence-corrected chi connectivity index (χ2v) is 7.39. The molecule has 122 valence electrons. The minimum absolute atomic E-state index is 0.0104. The third-order valence-electron chi connectivity index (χ3n) is 3.94. The molecule has 0 aromatic heterocycles. The molecule has 0 aliphatic carbocycles. The quantitative estimate of drug-likeness (QED) is 0.676. The van der Waals surface area contributed by atoms with Gasteiger partial charge in [0.15, 0.2) is 0 Å². The maximum absolute atomic E-state index is 11.7. The smallest absolute Gasteiger partial charge is 0.245 e. The lowest BCUT2D eigenvalue weighted by Crippen LogP contribution is -2.51. The summed E-state index contributed by atoms with van der Waals surface area (Å²) in [4.78, 5) is 16.0. The molecule has 1 unspecified atom stereocenters. The Labute approximate surface area is 130 Å². The Bertz CT molecular complexity index is 353. The molecule has 1 saturated heterocycles. The van der Waals surface area contributed by atoms with Gasteiger partial charge in [-0.1, -0.05) is 34.3 Å². The summed E-state index contributed by atoms with van der Waals surface area (Å²) in [5.41, 5.74) is 0.0555. The van der Waals surface area contributed by atoms with Crippen LogP contribution in [0.1, 0.15) is 34.1 Å². The van der Waals surface area contributed by atoms with Gasteiger partial charge in [0.1, 0.15) is 0 Å². The van der Waals surface area contributed by atoms with Gasteiger partial charge in [0.05, 0.1) is 13.2 Å². The van der Waals surface area contributed by atoms with Crippen molar-refractivity contribution in [2.45, 2.75) is 40.2 Å². The van der Waals surface area contributed by atoms with Crippen LogP contribution in [0, 0.1) is 11.3 Å². The molecule has 0 saturated carbocycles. The maximum Gasteiger partial charge on any atom is 0.245 e. The Hall–Kier alpha value is -0.870. The Morgan fingerprint density at radius 2 is 2.19 bits per heavy atom. The van der Waals surface area contributed by atoms with E-state index in [2.05, 4.69) is 39.2 Å². The van der Waals surface area contributed by atoms with E-state index in [4.69, 9.17) is 4.74 Å². The van der Waals surface area contributed by atoms with Gasteiger partial charge < -0.3 is 9.64 Å². The van der Waals surface area contributed by atoms with Crippen molar-refractivity contribution in [2.24, 2.45) is 11.3 Å². The summed E-state index contributed by atoms with van der Waals surface area (Å²) >= 11 is 0. The molecule has 21 heavy (non-hydrogen) atoms. The Morgan fingerprint density at radius 3 is 2.76 bits per heavy atom. The first-order valence-corrected chi connectivity index (χ1v) is 7.94. The standard InChI is InChI=1S/C17H32N2O2/c1-7-16(20)18(6)12-17(4,5)13-19-8-9-21-11-15(19)10-14(2)3/h7,14-15H,1,8-13H2,2-6H3. The first-order chi connectivity index (χ1) is 9.75. The fourth-order valence-corrected chi connectivity index (χ4v) is 3.13. The van der Waals surface area contributed by atoms with Crippen LogP contribution in [0.15, 0.2) is 12.7 Å². The highest BCUT2D eigenvalue weighted by molar-refractivity contribution is 5.86. The zero-order valence-corrected chi connectivity index (χ0v) is 14.4. The fourth-order valence-electron chi connectivity index (χ4n) is 3.13. The van der Waals surface area contributed by atoms with Crippen LogP contribution in [-0.4, -0.2) is 61.6 Å². The van der Waals surface area contributed by atoms with E-state index in [-0.39, 0.29) is 11.3 Å². The van der Waals surface area contributed by atoms with E-state index in [1.54, 1.807) is 4.90 Å². The van der Waals surface area contributed by atoms with Crippen LogP contribution >= 0.6 is 0 Å². The van der Waals surface area contributed by atoms with Crippen molar-refractivity contribution in [1.29, 1.82) is 0 Å². The maximum atomic E-state index is 11.7. The summed E-state index contributed by atoms with van der Waals surface area (Å²) < 4.78 is 5.64. The summed E-state index contributed by atoms with van der Waals surface area (Å²) in [6.07, 6.45) is 2.55. The highest BCUT2D eigenvalue weighted by Crippen LogP contribution is 2.23. The molecule has 1 aliphatic rings. The van der Waals surface area contributed by atoms with Gasteiger partial charge in [-0.05, 0) is 23.8 Å². The van der Waals surface area contributed by atoms with E-state index in [9.17, 15) is 4.79 Å². The van der Waals surface area contributed by atoms with Gasteiger partial charge in [-0.25, -0.2) is 0 Å². The molecule has 0 spiro atoms. The Morgan fingerprint density at radius 1 is 1.52 bits per heavy atom. The normalized spacial score (nSPS) is 20.6. The second kappa shape index (κ2) is 7.95. The molecule has 1 fully saturated rings. The summed E-state index contributed by atoms with van der Waals surface area (Å²) in [5, 5.41) is 0. The first kappa shape index (κ1) is 18.2. The van der Waals surface area contributed by atoms with Gasteiger partial charge in [0.2, 0.25) is 5.91 Å². The number of rotatable bonds is 7. The number of amides is 1. The van der Waals surface area contributed by atoms with E-state index in [1.807, 2.05) is 7.05 Å². The molecule has 4 nitrogen and oxygen atoms in total. The Balaban J connectivity index is 2.62. The number of carbonyl (C=O) groups excluding carboxylic acids is 1. The second-order valence-electron chi connectivity index (χ2n) is 7.39. The monoisotopic (exact) mass is 296 g/mol. The van der Waals surface area contributed by atoms with Gasteiger partial charge in [0.25, 0.3) is 0 Å². The van der Waals surface area contributed by atoms with Gasteiger partial charge in [-0.3, -0.25) is 9.69 Å². The summed E-state index contributed by atoms with van der Waals surface area (Å²) in [6, 6.07) is 0.499. The van der Waals surface area contributed by atoms with E-state index in [1.165, 1.54) is 6.08 Å². The van der Waals surface area contributed by atoms with Crippen molar-refractivity contribution in [1.82, 2.24) is 9.80 Å². The highest BCUT2D eigenvalue weighted by Gasteiger charge is 2.30. The van der Waals surface area contributed by atoms with Crippen molar-refractivity contribution in [2.75, 3.05) is 39.9 Å². The number of likely N-dealkylation sites (N-methyl/N-ethyl adjacent to an activating group) is 1. The lowest BCUT2D eigenvalue weighted by Gasteiger charge is -2.42. The molecule has 4 heteroatoms. The van der Waals surface area contributed by atoms with Gasteiger partial charge in [-0.2, -0.15) is 0 Å². The third kappa shape index (κ3) is 6.18. The van der Waals surface area contributed by atoms with E-state index < -0.39 is 0 Å². The molecule has 0 bridgehead atoms. The number of hydrogen-bond donors (Lipinski definition) is 0. The lowest BCUT2D eigenvalue weighted by atomic mass is 9.90.